The van der Waals surface area contributed by atoms with Crippen LogP contribution in [-0.4, -0.2) is 18.0 Å². The van der Waals surface area contributed by atoms with Crippen LogP contribution in [0.25, 0.3) is 0 Å². The summed E-state index contributed by atoms with van der Waals surface area (Å²) >= 11 is 5.94. The Bertz CT molecular complexity index is 659. The lowest BCUT2D eigenvalue weighted by Crippen LogP contribution is -2.13. The third-order valence-electron chi connectivity index (χ3n) is 2.72. The van der Waals surface area contributed by atoms with E-state index in [-0.39, 0.29) is 11.1 Å². The molecule has 6 heteroatoms. The Kier molecular flexibility index (Phi) is 4.10. The van der Waals surface area contributed by atoms with Crippen molar-refractivity contribution < 1.29 is 9.53 Å². The van der Waals surface area contributed by atoms with Gasteiger partial charge in [0.1, 0.15) is 5.75 Å². The average molecular weight is 292 g/mol. The molecule has 1 aromatic heterocycles. The first-order valence-corrected chi connectivity index (χ1v) is 6.26. The number of hydrogen-bond acceptors (Lipinski definition) is 4. The van der Waals surface area contributed by atoms with E-state index in [0.717, 1.165) is 5.56 Å². The number of halogens is 1. The summed E-state index contributed by atoms with van der Waals surface area (Å²) in [6, 6.07) is 6.55. The number of anilines is 2. The highest BCUT2D eigenvalue weighted by Gasteiger charge is 2.11. The number of hydrogen-bond donors (Lipinski definition) is 2. The minimum Gasteiger partial charge on any atom is -0.495 e. The number of methoxy groups -OCH3 is 1. The number of nitrogens with one attached hydrogen (secondary N) is 1. The van der Waals surface area contributed by atoms with Gasteiger partial charge in [0.15, 0.2) is 5.15 Å². The molecule has 1 amide bonds. The van der Waals surface area contributed by atoms with Crippen molar-refractivity contribution in [3.05, 3.63) is 46.7 Å². The van der Waals surface area contributed by atoms with Crippen LogP contribution < -0.4 is 15.8 Å². The van der Waals surface area contributed by atoms with Gasteiger partial charge in [-0.3, -0.25) is 4.79 Å². The first-order chi connectivity index (χ1) is 9.51. The van der Waals surface area contributed by atoms with Gasteiger partial charge in [0.25, 0.3) is 5.91 Å². The minimum absolute atomic E-state index is 0.242. The van der Waals surface area contributed by atoms with Crippen molar-refractivity contribution in [2.75, 3.05) is 18.2 Å². The van der Waals surface area contributed by atoms with Crippen LogP contribution in [0.15, 0.2) is 30.5 Å². The molecule has 20 heavy (non-hydrogen) atoms. The maximum Gasteiger partial charge on any atom is 0.255 e. The van der Waals surface area contributed by atoms with Gasteiger partial charge in [-0.1, -0.05) is 11.6 Å². The van der Waals surface area contributed by atoms with Gasteiger partial charge in [0.05, 0.1) is 18.5 Å². The molecule has 0 saturated heterocycles. The molecule has 0 fully saturated rings. The predicted molar refractivity (Wildman–Crippen MR) is 79.3 cm³/mol. The number of pyridine rings is 1. The van der Waals surface area contributed by atoms with Gasteiger partial charge in [-0.25, -0.2) is 4.98 Å². The number of nitrogens with zero attached hydrogens (tertiary/aromatic N) is 1. The predicted octanol–water partition coefficient (Wildman–Crippen LogP) is 2.89. The molecule has 1 heterocycles. The van der Waals surface area contributed by atoms with Crippen LogP contribution in [0.4, 0.5) is 11.4 Å². The number of carbonyl (C=O) groups is 1. The molecule has 2 aromatic rings. The highest BCUT2D eigenvalue weighted by atomic mass is 35.5. The monoisotopic (exact) mass is 291 g/mol. The largest absolute Gasteiger partial charge is 0.495 e. The van der Waals surface area contributed by atoms with Crippen LogP contribution in [0.2, 0.25) is 5.15 Å². The van der Waals surface area contributed by atoms with Crippen LogP contribution in [0, 0.1) is 6.92 Å². The van der Waals surface area contributed by atoms with E-state index in [1.165, 1.54) is 7.11 Å². The van der Waals surface area contributed by atoms with E-state index in [2.05, 4.69) is 10.3 Å². The Morgan fingerprint density at radius 1 is 1.40 bits per heavy atom. The van der Waals surface area contributed by atoms with Gasteiger partial charge in [-0.05, 0) is 36.8 Å². The standard InChI is InChI=1S/C14H14ClN3O2/c1-8-5-11(13(15)17-7-8)18-14(19)9-3-4-10(16)12(6-9)20-2/h3-7H,16H2,1-2H3,(H,18,19). The fourth-order valence-corrected chi connectivity index (χ4v) is 1.84. The molecule has 0 unspecified atom stereocenters. The lowest BCUT2D eigenvalue weighted by molar-refractivity contribution is 0.102. The van der Waals surface area contributed by atoms with Gasteiger partial charge in [-0.15, -0.1) is 0 Å². The Hall–Kier alpha value is -2.27. The van der Waals surface area contributed by atoms with E-state index in [9.17, 15) is 4.79 Å². The van der Waals surface area contributed by atoms with E-state index in [0.29, 0.717) is 22.7 Å². The SMILES string of the molecule is COc1cc(C(=O)Nc2cc(C)cnc2Cl)ccc1N. The van der Waals surface area contributed by atoms with Crippen LogP contribution in [-0.2, 0) is 0 Å². The third kappa shape index (κ3) is 3.00. The van der Waals surface area contributed by atoms with Crippen LogP contribution in [0.5, 0.6) is 5.75 Å². The summed E-state index contributed by atoms with van der Waals surface area (Å²) < 4.78 is 5.09. The maximum atomic E-state index is 12.2. The van der Waals surface area contributed by atoms with Gasteiger partial charge in [0, 0.05) is 11.8 Å². The zero-order valence-electron chi connectivity index (χ0n) is 11.1. The van der Waals surface area contributed by atoms with E-state index < -0.39 is 0 Å². The number of benzene rings is 1. The van der Waals surface area contributed by atoms with Crippen molar-refractivity contribution in [2.45, 2.75) is 6.92 Å². The quantitative estimate of drug-likeness (QED) is 0.673. The van der Waals surface area contributed by atoms with E-state index in [1.54, 1.807) is 30.5 Å². The molecular formula is C14H14ClN3O2. The molecule has 0 radical (unpaired) electrons. The number of carbonyl (C=O) groups excluding carboxylic acids is 1. The first-order valence-electron chi connectivity index (χ1n) is 5.88. The first kappa shape index (κ1) is 14.1. The lowest BCUT2D eigenvalue weighted by Gasteiger charge is -2.09. The second-order valence-electron chi connectivity index (χ2n) is 4.26. The molecule has 0 aliphatic heterocycles. The molecule has 0 aliphatic carbocycles. The van der Waals surface area contributed by atoms with Crippen molar-refractivity contribution in [3.8, 4) is 5.75 Å². The van der Waals surface area contributed by atoms with Crippen LogP contribution in [0.3, 0.4) is 0 Å². The molecule has 0 bridgehead atoms. The summed E-state index contributed by atoms with van der Waals surface area (Å²) in [5.74, 6) is 0.142. The van der Waals surface area contributed by atoms with Gasteiger partial charge in [0.2, 0.25) is 0 Å². The van der Waals surface area contributed by atoms with E-state index >= 15 is 0 Å². The molecule has 2 rings (SSSR count). The molecule has 5 nitrogen and oxygen atoms in total. The fraction of sp³-hybridized carbons (Fsp3) is 0.143. The second kappa shape index (κ2) is 5.79. The molecule has 3 N–H and O–H groups in total. The summed E-state index contributed by atoms with van der Waals surface area (Å²) in [5, 5.41) is 2.95. The molecule has 1 aromatic carbocycles. The smallest absolute Gasteiger partial charge is 0.255 e. The number of nitrogens with two attached hydrogens (primary N) is 1. The average Bonchev–Trinajstić information content (AvgIpc) is 2.43. The van der Waals surface area contributed by atoms with Crippen molar-refractivity contribution >= 4 is 28.9 Å². The summed E-state index contributed by atoms with van der Waals surface area (Å²) in [6.45, 7) is 1.87. The Morgan fingerprint density at radius 3 is 2.85 bits per heavy atom. The van der Waals surface area contributed by atoms with Crippen molar-refractivity contribution in [2.24, 2.45) is 0 Å². The van der Waals surface area contributed by atoms with Gasteiger partial charge < -0.3 is 15.8 Å². The summed E-state index contributed by atoms with van der Waals surface area (Å²) in [6.07, 6.45) is 1.63. The maximum absolute atomic E-state index is 12.2. The molecule has 0 saturated carbocycles. The zero-order chi connectivity index (χ0) is 14.7. The van der Waals surface area contributed by atoms with Crippen LogP contribution >= 0.6 is 11.6 Å². The number of amides is 1. The Labute approximate surface area is 121 Å². The lowest BCUT2D eigenvalue weighted by atomic mass is 10.1. The number of nitrogen functional groups attached to an aromatic ring is 1. The molecule has 0 aliphatic rings. The summed E-state index contributed by atoms with van der Waals surface area (Å²) in [7, 11) is 1.49. The van der Waals surface area contributed by atoms with E-state index in [4.69, 9.17) is 22.1 Å². The normalized spacial score (nSPS) is 10.2. The topological polar surface area (TPSA) is 77.2 Å². The number of rotatable bonds is 3. The van der Waals surface area contributed by atoms with E-state index in [1.807, 2.05) is 6.92 Å². The second-order valence-corrected chi connectivity index (χ2v) is 4.62. The van der Waals surface area contributed by atoms with Crippen molar-refractivity contribution in [1.82, 2.24) is 4.98 Å². The highest BCUT2D eigenvalue weighted by molar-refractivity contribution is 6.32. The molecule has 0 atom stereocenters. The zero-order valence-corrected chi connectivity index (χ0v) is 11.9. The Morgan fingerprint density at radius 2 is 2.15 bits per heavy atom. The number of aryl methyl sites for hydroxylation is 1. The van der Waals surface area contributed by atoms with Crippen LogP contribution in [0.1, 0.15) is 15.9 Å². The van der Waals surface area contributed by atoms with Crippen molar-refractivity contribution in [1.29, 1.82) is 0 Å². The number of aromatic nitrogens is 1. The van der Waals surface area contributed by atoms with Gasteiger partial charge in [-0.2, -0.15) is 0 Å². The fourth-order valence-electron chi connectivity index (χ4n) is 1.69. The number of ether oxygens (including phenoxy) is 1. The summed E-state index contributed by atoms with van der Waals surface area (Å²) in [5.41, 5.74) is 7.97. The third-order valence-corrected chi connectivity index (χ3v) is 3.02. The highest BCUT2D eigenvalue weighted by Crippen LogP contribution is 2.24. The van der Waals surface area contributed by atoms with Crippen molar-refractivity contribution in [3.63, 3.8) is 0 Å². The Balaban J connectivity index is 2.26. The molecular weight excluding hydrogens is 278 g/mol. The van der Waals surface area contributed by atoms with Gasteiger partial charge >= 0.3 is 0 Å². The molecule has 104 valence electrons. The summed E-state index contributed by atoms with van der Waals surface area (Å²) in [4.78, 5) is 16.1. The minimum atomic E-state index is -0.308. The molecule has 0 spiro atoms.